The number of aromatic nitrogens is 3. The standard InChI is InChI=1S/C14H11F3N4OS/c1-8-10(2-3-11(19-8)14(15,16)17)12(22)18-6-9-7-21-4-5-23-13(21)20-9/h2-5,7H,6H2,1H3,(H,18,22). The van der Waals surface area contributed by atoms with Crippen molar-refractivity contribution in [3.63, 3.8) is 0 Å². The van der Waals surface area contributed by atoms with E-state index < -0.39 is 17.8 Å². The molecule has 3 heterocycles. The molecule has 3 aromatic heterocycles. The first-order valence-electron chi connectivity index (χ1n) is 6.59. The summed E-state index contributed by atoms with van der Waals surface area (Å²) in [4.78, 5) is 20.6. The normalized spacial score (nSPS) is 11.8. The van der Waals surface area contributed by atoms with Gasteiger partial charge in [0, 0.05) is 17.8 Å². The third-order valence-corrected chi connectivity index (χ3v) is 3.96. The average molecular weight is 340 g/mol. The summed E-state index contributed by atoms with van der Waals surface area (Å²) in [7, 11) is 0. The van der Waals surface area contributed by atoms with Crippen molar-refractivity contribution in [1.82, 2.24) is 19.7 Å². The number of aryl methyl sites for hydroxylation is 1. The van der Waals surface area contributed by atoms with E-state index in [1.165, 1.54) is 18.3 Å². The molecule has 0 fully saturated rings. The maximum Gasteiger partial charge on any atom is 0.433 e. The van der Waals surface area contributed by atoms with Crippen LogP contribution in [-0.4, -0.2) is 20.3 Å². The lowest BCUT2D eigenvalue weighted by atomic mass is 10.1. The van der Waals surface area contributed by atoms with Crippen molar-refractivity contribution < 1.29 is 18.0 Å². The summed E-state index contributed by atoms with van der Waals surface area (Å²) < 4.78 is 39.5. The fourth-order valence-electron chi connectivity index (χ4n) is 2.09. The summed E-state index contributed by atoms with van der Waals surface area (Å²) in [6, 6.07) is 1.93. The summed E-state index contributed by atoms with van der Waals surface area (Å²) in [6.07, 6.45) is -0.895. The highest BCUT2D eigenvalue weighted by atomic mass is 32.1. The van der Waals surface area contributed by atoms with Crippen LogP contribution in [0.15, 0.2) is 29.9 Å². The molecule has 5 nitrogen and oxygen atoms in total. The van der Waals surface area contributed by atoms with Crippen molar-refractivity contribution in [1.29, 1.82) is 0 Å². The van der Waals surface area contributed by atoms with E-state index in [4.69, 9.17) is 0 Å². The van der Waals surface area contributed by atoms with Crippen molar-refractivity contribution in [3.05, 3.63) is 52.6 Å². The Labute approximate surface area is 132 Å². The number of alkyl halides is 3. The number of fused-ring (bicyclic) bond motifs is 1. The first-order valence-corrected chi connectivity index (χ1v) is 7.46. The molecule has 0 atom stereocenters. The van der Waals surface area contributed by atoms with Gasteiger partial charge in [-0.05, 0) is 19.1 Å². The quantitative estimate of drug-likeness (QED) is 0.797. The molecule has 0 aromatic carbocycles. The number of pyridine rings is 1. The number of rotatable bonds is 3. The van der Waals surface area contributed by atoms with Crippen molar-refractivity contribution in [2.75, 3.05) is 0 Å². The Morgan fingerprint density at radius 3 is 2.78 bits per heavy atom. The predicted molar refractivity (Wildman–Crippen MR) is 78.2 cm³/mol. The van der Waals surface area contributed by atoms with Crippen LogP contribution in [0.2, 0.25) is 0 Å². The van der Waals surface area contributed by atoms with Gasteiger partial charge in [0.05, 0.1) is 23.5 Å². The van der Waals surface area contributed by atoms with Gasteiger partial charge < -0.3 is 5.32 Å². The van der Waals surface area contributed by atoms with E-state index >= 15 is 0 Å². The van der Waals surface area contributed by atoms with Crippen LogP contribution in [0.1, 0.15) is 27.4 Å². The van der Waals surface area contributed by atoms with E-state index in [2.05, 4.69) is 15.3 Å². The van der Waals surface area contributed by atoms with Crippen molar-refractivity contribution in [2.45, 2.75) is 19.6 Å². The number of hydrogen-bond donors (Lipinski definition) is 1. The lowest BCUT2D eigenvalue weighted by Crippen LogP contribution is -2.24. The number of nitrogens with zero attached hydrogens (tertiary/aromatic N) is 3. The van der Waals surface area contributed by atoms with Crippen LogP contribution in [0.25, 0.3) is 4.96 Å². The van der Waals surface area contributed by atoms with Gasteiger partial charge in [0.15, 0.2) is 4.96 Å². The van der Waals surface area contributed by atoms with Crippen molar-refractivity contribution in [3.8, 4) is 0 Å². The van der Waals surface area contributed by atoms with E-state index in [1.54, 1.807) is 6.20 Å². The minimum absolute atomic E-state index is 0.0307. The largest absolute Gasteiger partial charge is 0.433 e. The van der Waals surface area contributed by atoms with Gasteiger partial charge in [0.25, 0.3) is 5.91 Å². The zero-order valence-corrected chi connectivity index (χ0v) is 12.7. The minimum Gasteiger partial charge on any atom is -0.346 e. The SMILES string of the molecule is Cc1nc(C(F)(F)F)ccc1C(=O)NCc1cn2ccsc2n1. The molecule has 0 aliphatic heterocycles. The van der Waals surface area contributed by atoms with Crippen LogP contribution >= 0.6 is 11.3 Å². The molecule has 0 unspecified atom stereocenters. The number of nitrogens with one attached hydrogen (secondary N) is 1. The van der Waals surface area contributed by atoms with Crippen LogP contribution in [-0.2, 0) is 12.7 Å². The number of thiazole rings is 1. The van der Waals surface area contributed by atoms with Crippen LogP contribution in [0, 0.1) is 6.92 Å². The maximum atomic E-state index is 12.6. The summed E-state index contributed by atoms with van der Waals surface area (Å²) in [5, 5.41) is 4.52. The number of halogens is 3. The molecule has 9 heteroatoms. The Morgan fingerprint density at radius 2 is 2.13 bits per heavy atom. The Hall–Kier alpha value is -2.42. The Morgan fingerprint density at radius 1 is 1.35 bits per heavy atom. The lowest BCUT2D eigenvalue weighted by molar-refractivity contribution is -0.141. The summed E-state index contributed by atoms with van der Waals surface area (Å²) in [6.45, 7) is 1.56. The smallest absolute Gasteiger partial charge is 0.346 e. The van der Waals surface area contributed by atoms with Gasteiger partial charge in [0.1, 0.15) is 5.69 Å². The van der Waals surface area contributed by atoms with Gasteiger partial charge in [-0.2, -0.15) is 13.2 Å². The molecule has 1 N–H and O–H groups in total. The van der Waals surface area contributed by atoms with Crippen LogP contribution in [0.3, 0.4) is 0 Å². The monoisotopic (exact) mass is 340 g/mol. The first kappa shape index (κ1) is 15.5. The second kappa shape index (κ2) is 5.65. The molecule has 0 radical (unpaired) electrons. The van der Waals surface area contributed by atoms with Gasteiger partial charge in [-0.15, -0.1) is 11.3 Å². The fraction of sp³-hybridized carbons (Fsp3) is 0.214. The molecule has 0 bridgehead atoms. The van der Waals surface area contributed by atoms with Crippen molar-refractivity contribution in [2.24, 2.45) is 0 Å². The fourth-order valence-corrected chi connectivity index (χ4v) is 2.81. The zero-order chi connectivity index (χ0) is 16.6. The second-order valence-corrected chi connectivity index (χ2v) is 5.71. The van der Waals surface area contributed by atoms with E-state index in [1.807, 2.05) is 16.0 Å². The van der Waals surface area contributed by atoms with E-state index in [0.29, 0.717) is 5.69 Å². The number of amides is 1. The first-order chi connectivity index (χ1) is 10.8. The Kier molecular flexibility index (Phi) is 3.80. The van der Waals surface area contributed by atoms with E-state index in [9.17, 15) is 18.0 Å². The molecule has 3 rings (SSSR count). The molecule has 0 saturated carbocycles. The molecule has 0 aliphatic rings. The molecular weight excluding hydrogens is 329 g/mol. The van der Waals surface area contributed by atoms with Gasteiger partial charge in [0.2, 0.25) is 0 Å². The third kappa shape index (κ3) is 3.19. The minimum atomic E-state index is -4.53. The summed E-state index contributed by atoms with van der Waals surface area (Å²) in [5.41, 5.74) is -0.203. The van der Waals surface area contributed by atoms with Gasteiger partial charge in [-0.25, -0.2) is 9.97 Å². The molecular formula is C14H11F3N4OS. The molecule has 0 spiro atoms. The van der Waals surface area contributed by atoms with Gasteiger partial charge >= 0.3 is 6.18 Å². The molecule has 0 saturated heterocycles. The highest BCUT2D eigenvalue weighted by Crippen LogP contribution is 2.28. The number of imidazole rings is 1. The molecule has 1 amide bonds. The highest BCUT2D eigenvalue weighted by molar-refractivity contribution is 7.15. The van der Waals surface area contributed by atoms with E-state index in [0.717, 1.165) is 17.1 Å². The number of carbonyl (C=O) groups excluding carboxylic acids is 1. The van der Waals surface area contributed by atoms with E-state index in [-0.39, 0.29) is 17.8 Å². The van der Waals surface area contributed by atoms with Gasteiger partial charge in [-0.3, -0.25) is 9.20 Å². The summed E-state index contributed by atoms with van der Waals surface area (Å²) >= 11 is 1.47. The lowest BCUT2D eigenvalue weighted by Gasteiger charge is -2.10. The van der Waals surface area contributed by atoms with Crippen LogP contribution in [0.5, 0.6) is 0 Å². The maximum absolute atomic E-state index is 12.6. The average Bonchev–Trinajstić information content (AvgIpc) is 3.04. The zero-order valence-electron chi connectivity index (χ0n) is 11.9. The molecule has 3 aromatic rings. The van der Waals surface area contributed by atoms with Crippen molar-refractivity contribution >= 4 is 22.2 Å². The Bertz CT molecular complexity index is 840. The van der Waals surface area contributed by atoms with Crippen LogP contribution in [0.4, 0.5) is 13.2 Å². The highest BCUT2D eigenvalue weighted by Gasteiger charge is 2.33. The Balaban J connectivity index is 1.71. The second-order valence-electron chi connectivity index (χ2n) is 4.83. The number of hydrogen-bond acceptors (Lipinski definition) is 4. The molecule has 120 valence electrons. The third-order valence-electron chi connectivity index (χ3n) is 3.19. The van der Waals surface area contributed by atoms with Gasteiger partial charge in [-0.1, -0.05) is 0 Å². The number of carbonyl (C=O) groups is 1. The molecule has 23 heavy (non-hydrogen) atoms. The predicted octanol–water partition coefficient (Wildman–Crippen LogP) is 3.05. The van der Waals surface area contributed by atoms with Crippen LogP contribution < -0.4 is 5.32 Å². The summed E-state index contributed by atoms with van der Waals surface area (Å²) in [5.74, 6) is -0.486. The topological polar surface area (TPSA) is 59.3 Å². The molecule has 0 aliphatic carbocycles.